The van der Waals surface area contributed by atoms with Crippen molar-refractivity contribution in [3.05, 3.63) is 108 Å². The van der Waals surface area contributed by atoms with Gasteiger partial charge in [-0.15, -0.1) is 11.3 Å². The zero-order valence-electron chi connectivity index (χ0n) is 25.6. The number of carbonyl (C=O) groups is 2. The second-order valence-electron chi connectivity index (χ2n) is 10.3. The van der Waals surface area contributed by atoms with E-state index in [2.05, 4.69) is 20.3 Å². The van der Waals surface area contributed by atoms with Gasteiger partial charge < -0.3 is 36.3 Å². The lowest BCUT2D eigenvalue weighted by Gasteiger charge is -2.29. The molecule has 4 rings (SSSR count). The summed E-state index contributed by atoms with van der Waals surface area (Å²) < 4.78 is 54.1. The van der Waals surface area contributed by atoms with E-state index in [0.717, 1.165) is 11.3 Å². The number of benzene rings is 3. The predicted molar refractivity (Wildman–Crippen MR) is 182 cm³/mol. The maximum Gasteiger partial charge on any atom is 0.453 e. The molecule has 3 aromatic carbocycles. The van der Waals surface area contributed by atoms with Crippen LogP contribution in [-0.2, 0) is 30.6 Å². The first-order valence-corrected chi connectivity index (χ1v) is 18.4. The number of nitrogens with one attached hydrogen (secondary N) is 3. The second kappa shape index (κ2) is 16.4. The molecule has 48 heavy (non-hydrogen) atoms. The van der Waals surface area contributed by atoms with Crippen molar-refractivity contribution in [2.24, 2.45) is 16.5 Å². The lowest BCUT2D eigenvalue weighted by molar-refractivity contribution is -0.130. The van der Waals surface area contributed by atoms with Gasteiger partial charge in [0.05, 0.1) is 12.3 Å². The van der Waals surface area contributed by atoms with Crippen LogP contribution in [0.4, 0.5) is 5.69 Å². The average molecular weight is 715 g/mol. The molecular weight excluding hydrogens is 679 g/mol. The number of hydrogen-bond donors (Lipinski definition) is 6. The number of para-hydroxylation sites is 2. The normalized spacial score (nSPS) is 13.4. The van der Waals surface area contributed by atoms with Gasteiger partial charge in [-0.1, -0.05) is 54.6 Å². The molecule has 0 aliphatic heterocycles. The van der Waals surface area contributed by atoms with Crippen LogP contribution in [0.1, 0.15) is 12.5 Å². The van der Waals surface area contributed by atoms with Gasteiger partial charge in [-0.3, -0.25) is 9.59 Å². The first kappa shape index (κ1) is 36.1. The van der Waals surface area contributed by atoms with Gasteiger partial charge in [-0.05, 0) is 60.3 Å². The first-order chi connectivity index (χ1) is 22.9. The number of hydrogen-bond acceptors (Lipinski definition) is 10. The van der Waals surface area contributed by atoms with Crippen LogP contribution in [0.25, 0.3) is 0 Å². The number of amides is 2. The zero-order valence-corrected chi connectivity index (χ0v) is 28.2. The first-order valence-electron chi connectivity index (χ1n) is 14.4. The fourth-order valence-corrected chi connectivity index (χ4v) is 8.27. The van der Waals surface area contributed by atoms with E-state index in [-0.39, 0.29) is 28.1 Å². The third kappa shape index (κ3) is 10.1. The van der Waals surface area contributed by atoms with Crippen molar-refractivity contribution in [3.8, 4) is 11.5 Å². The highest BCUT2D eigenvalue weighted by atomic mass is 32.2. The third-order valence-electron chi connectivity index (χ3n) is 6.57. The maximum atomic E-state index is 14.8. The molecule has 3 atom stereocenters. The molecule has 2 amide bonds. The fraction of sp³-hybridized carbons (Fsp3) is 0.194. The van der Waals surface area contributed by atoms with Crippen molar-refractivity contribution >= 4 is 52.4 Å². The van der Waals surface area contributed by atoms with Crippen molar-refractivity contribution in [1.82, 2.24) is 15.4 Å². The van der Waals surface area contributed by atoms with E-state index >= 15 is 0 Å². The van der Waals surface area contributed by atoms with Gasteiger partial charge >= 0.3 is 7.60 Å². The number of aliphatic imine (C=N–C) groups is 1. The molecule has 0 radical (unpaired) electrons. The number of nitrogens with zero attached hydrogens (tertiary/aromatic N) is 1. The van der Waals surface area contributed by atoms with E-state index < -0.39 is 53.9 Å². The number of aliphatic hydroxyl groups is 1. The van der Waals surface area contributed by atoms with E-state index in [0.29, 0.717) is 11.3 Å². The van der Waals surface area contributed by atoms with Gasteiger partial charge in [-0.25, -0.2) is 18.0 Å². The monoisotopic (exact) mass is 714 g/mol. The molecule has 0 spiro atoms. The summed E-state index contributed by atoms with van der Waals surface area (Å²) in [6.07, 6.45) is -0.0642. The van der Waals surface area contributed by atoms with Gasteiger partial charge in [-0.2, -0.15) is 4.72 Å². The number of aliphatic hydroxyl groups excluding tert-OH is 1. The van der Waals surface area contributed by atoms with Gasteiger partial charge in [0, 0.05) is 6.42 Å². The van der Waals surface area contributed by atoms with Crippen LogP contribution in [0.5, 0.6) is 11.5 Å². The van der Waals surface area contributed by atoms with Crippen LogP contribution < -0.4 is 35.9 Å². The largest absolute Gasteiger partial charge is 0.453 e. The predicted octanol–water partition coefficient (Wildman–Crippen LogP) is 2.83. The molecule has 4 aromatic rings. The fourth-order valence-electron chi connectivity index (χ4n) is 4.23. The third-order valence-corrected chi connectivity index (χ3v) is 11.4. The number of thiophene rings is 1. The van der Waals surface area contributed by atoms with Gasteiger partial charge in [0.15, 0.2) is 11.7 Å². The molecule has 0 aliphatic rings. The number of nitrogens with two attached hydrogens (primary N) is 2. The topological polar surface area (TPSA) is 225 Å². The van der Waals surface area contributed by atoms with E-state index in [4.69, 9.17) is 20.5 Å². The minimum Gasteiger partial charge on any atom is -0.415 e. The van der Waals surface area contributed by atoms with Gasteiger partial charge in [0.1, 0.15) is 27.8 Å². The average Bonchev–Trinajstić information content (AvgIpc) is 3.61. The van der Waals surface area contributed by atoms with Crippen molar-refractivity contribution in [1.29, 1.82) is 0 Å². The molecule has 1 heterocycles. The summed E-state index contributed by atoms with van der Waals surface area (Å²) >= 11 is 0.931. The standard InChI is InChI=1S/C31H35N6O8PS2/c1-21(34-30(40)26(20-38)37-48(42,43)28-13-8-18-47-28)29(39)36-27(19-22-14-16-23(17-15-22)35-31(32)33)46(41,44-24-9-4-2-5-10-24)45-25-11-6-3-7-12-25/h2-18,21,26-27,37-38H,19-20H2,1H3,(H,34,40)(H,36,39)(H4,32,33,35). The van der Waals surface area contributed by atoms with Crippen LogP contribution in [0, 0.1) is 0 Å². The van der Waals surface area contributed by atoms with Crippen molar-refractivity contribution < 1.29 is 36.7 Å². The maximum absolute atomic E-state index is 14.8. The van der Waals surface area contributed by atoms with Crippen LogP contribution in [0.3, 0.4) is 0 Å². The Labute approximate surface area is 281 Å². The van der Waals surface area contributed by atoms with Gasteiger partial charge in [0.25, 0.3) is 10.0 Å². The smallest absolute Gasteiger partial charge is 0.415 e. The Morgan fingerprint density at radius 2 is 1.46 bits per heavy atom. The molecule has 1 aromatic heterocycles. The molecule has 0 saturated heterocycles. The molecule has 0 saturated carbocycles. The van der Waals surface area contributed by atoms with E-state index in [1.54, 1.807) is 90.3 Å². The van der Waals surface area contributed by atoms with Crippen molar-refractivity contribution in [2.75, 3.05) is 6.61 Å². The number of sulfonamides is 1. The Balaban J connectivity index is 1.61. The van der Waals surface area contributed by atoms with Crippen LogP contribution in [0.2, 0.25) is 0 Å². The van der Waals surface area contributed by atoms with Crippen LogP contribution >= 0.6 is 18.9 Å². The Bertz CT molecular complexity index is 1800. The highest BCUT2D eigenvalue weighted by Crippen LogP contribution is 2.53. The Hall–Kier alpha value is -4.73. The number of guanidine groups is 1. The lowest BCUT2D eigenvalue weighted by atomic mass is 10.1. The summed E-state index contributed by atoms with van der Waals surface area (Å²) in [5, 5.41) is 16.4. The van der Waals surface area contributed by atoms with E-state index in [9.17, 15) is 27.7 Å². The second-order valence-corrected chi connectivity index (χ2v) is 15.3. The summed E-state index contributed by atoms with van der Waals surface area (Å²) in [7, 11) is -8.44. The Morgan fingerprint density at radius 1 is 0.875 bits per heavy atom. The minimum atomic E-state index is -4.32. The summed E-state index contributed by atoms with van der Waals surface area (Å²) in [5.41, 5.74) is 12.0. The van der Waals surface area contributed by atoms with Crippen LogP contribution in [0.15, 0.2) is 112 Å². The quantitative estimate of drug-likeness (QED) is 0.0565. The molecule has 0 bridgehead atoms. The number of rotatable bonds is 16. The highest BCUT2D eigenvalue weighted by Gasteiger charge is 2.42. The SMILES string of the molecule is CC(NC(=O)C(CO)NS(=O)(=O)c1cccs1)C(=O)NC(Cc1ccc(N=C(N)N)cc1)P(=O)(Oc1ccccc1)Oc1ccccc1. The molecule has 0 aliphatic carbocycles. The van der Waals surface area contributed by atoms with Crippen molar-refractivity contribution in [2.45, 2.75) is 35.4 Å². The van der Waals surface area contributed by atoms with Crippen molar-refractivity contribution in [3.63, 3.8) is 0 Å². The molecule has 0 fully saturated rings. The minimum absolute atomic E-state index is 0.0544. The summed E-state index contributed by atoms with van der Waals surface area (Å²) in [4.78, 5) is 30.6. The zero-order chi connectivity index (χ0) is 34.7. The number of carbonyl (C=O) groups excluding carboxylic acids is 2. The molecule has 14 nitrogen and oxygen atoms in total. The van der Waals surface area contributed by atoms with Crippen LogP contribution in [-0.4, -0.2) is 55.8 Å². The Kier molecular flexibility index (Phi) is 12.3. The summed E-state index contributed by atoms with van der Waals surface area (Å²) in [6, 6.07) is 23.1. The molecule has 8 N–H and O–H groups in total. The lowest BCUT2D eigenvalue weighted by Crippen LogP contribution is -2.55. The molecule has 3 unspecified atom stereocenters. The summed E-state index contributed by atoms with van der Waals surface area (Å²) in [5.74, 6) is -2.78. The highest BCUT2D eigenvalue weighted by molar-refractivity contribution is 7.91. The summed E-state index contributed by atoms with van der Waals surface area (Å²) in [6.45, 7) is 0.464. The Morgan fingerprint density at radius 3 is 1.96 bits per heavy atom. The van der Waals surface area contributed by atoms with E-state index in [1.807, 2.05) is 0 Å². The molecular formula is C31H35N6O8PS2. The molecule has 254 valence electrons. The van der Waals surface area contributed by atoms with E-state index in [1.165, 1.54) is 19.1 Å². The molecule has 17 heteroatoms. The van der Waals surface area contributed by atoms with Gasteiger partial charge in [0.2, 0.25) is 11.8 Å².